The highest BCUT2D eigenvalue weighted by molar-refractivity contribution is 7.07. The van der Waals surface area contributed by atoms with Gasteiger partial charge in [-0.05, 0) is 34.5 Å². The first-order valence-corrected chi connectivity index (χ1v) is 7.38. The largest absolute Gasteiger partial charge is 0.347 e. The van der Waals surface area contributed by atoms with Crippen molar-refractivity contribution in [3.63, 3.8) is 0 Å². The second-order valence-corrected chi connectivity index (χ2v) is 5.31. The number of rotatable bonds is 4. The molecule has 0 saturated heterocycles. The predicted octanol–water partition coefficient (Wildman–Crippen LogP) is 2.51. The van der Waals surface area contributed by atoms with Crippen LogP contribution < -0.4 is 16.6 Å². The average molecular weight is 298 g/mol. The fourth-order valence-corrected chi connectivity index (χ4v) is 2.75. The van der Waals surface area contributed by atoms with Crippen molar-refractivity contribution in [1.29, 1.82) is 0 Å². The van der Waals surface area contributed by atoms with Crippen molar-refractivity contribution < 1.29 is 4.79 Å². The zero-order valence-electron chi connectivity index (χ0n) is 11.2. The topological polar surface area (TPSA) is 80.0 Å². The first kappa shape index (κ1) is 13.5. The number of hydrogen-bond acceptors (Lipinski definition) is 5. The number of nitrogens with one attached hydrogen (secondary N) is 2. The summed E-state index contributed by atoms with van der Waals surface area (Å²) in [7, 11) is 0. The number of carbonyl (C=O) groups is 1. The molecule has 0 atom stereocenters. The van der Waals surface area contributed by atoms with Crippen LogP contribution in [0.25, 0.3) is 10.9 Å². The molecule has 6 heteroatoms. The number of thiophene rings is 1. The number of anilines is 1. The van der Waals surface area contributed by atoms with Gasteiger partial charge in [0, 0.05) is 11.9 Å². The number of amides is 1. The van der Waals surface area contributed by atoms with Gasteiger partial charge in [-0.15, -0.1) is 0 Å². The number of carbonyl (C=O) groups excluding carboxylic acids is 1. The number of aromatic nitrogens is 1. The molecule has 0 fully saturated rings. The summed E-state index contributed by atoms with van der Waals surface area (Å²) in [6, 6.07) is 11.2. The lowest BCUT2D eigenvalue weighted by atomic mass is 10.1. The molecule has 5 nitrogen and oxygen atoms in total. The van der Waals surface area contributed by atoms with Crippen molar-refractivity contribution in [2.24, 2.45) is 5.84 Å². The van der Waals surface area contributed by atoms with Crippen molar-refractivity contribution in [2.75, 3.05) is 5.43 Å². The Bertz CT molecular complexity index is 770. The molecular weight excluding hydrogens is 284 g/mol. The number of para-hydroxylation sites is 1. The van der Waals surface area contributed by atoms with Crippen molar-refractivity contribution in [3.05, 3.63) is 58.4 Å². The Morgan fingerprint density at radius 1 is 1.29 bits per heavy atom. The number of hydrogen-bond donors (Lipinski definition) is 3. The summed E-state index contributed by atoms with van der Waals surface area (Å²) < 4.78 is 0. The van der Waals surface area contributed by atoms with Gasteiger partial charge >= 0.3 is 0 Å². The molecule has 1 aromatic carbocycles. The fraction of sp³-hybridized carbons (Fsp3) is 0.0667. The second kappa shape index (κ2) is 5.90. The Kier molecular flexibility index (Phi) is 3.81. The number of hydrazine groups is 1. The maximum Gasteiger partial charge on any atom is 0.270 e. The Morgan fingerprint density at radius 3 is 2.90 bits per heavy atom. The van der Waals surface area contributed by atoms with E-state index >= 15 is 0 Å². The molecule has 3 rings (SSSR count). The number of fused-ring (bicyclic) bond motifs is 1. The minimum atomic E-state index is -0.219. The monoisotopic (exact) mass is 298 g/mol. The first-order chi connectivity index (χ1) is 10.3. The molecule has 0 saturated carbocycles. The number of benzene rings is 1. The Morgan fingerprint density at radius 2 is 2.14 bits per heavy atom. The first-order valence-electron chi connectivity index (χ1n) is 6.43. The lowest BCUT2D eigenvalue weighted by Crippen LogP contribution is -2.24. The molecule has 3 aromatic rings. The Hall–Kier alpha value is -2.44. The second-order valence-electron chi connectivity index (χ2n) is 4.53. The highest BCUT2D eigenvalue weighted by atomic mass is 32.1. The quantitative estimate of drug-likeness (QED) is 0.511. The molecule has 0 radical (unpaired) electrons. The van der Waals surface area contributed by atoms with Gasteiger partial charge in [0.05, 0.1) is 11.2 Å². The van der Waals surface area contributed by atoms with Gasteiger partial charge < -0.3 is 10.7 Å². The van der Waals surface area contributed by atoms with E-state index in [0.29, 0.717) is 17.9 Å². The van der Waals surface area contributed by atoms with Gasteiger partial charge in [0.2, 0.25) is 0 Å². The third kappa shape index (κ3) is 2.86. The molecular formula is C15H14N4OS. The van der Waals surface area contributed by atoms with E-state index in [1.807, 2.05) is 41.1 Å². The molecule has 0 aliphatic rings. The fourth-order valence-electron chi connectivity index (χ4n) is 2.08. The van der Waals surface area contributed by atoms with Crippen molar-refractivity contribution in [2.45, 2.75) is 6.54 Å². The van der Waals surface area contributed by atoms with Crippen LogP contribution in [0, 0.1) is 0 Å². The number of nitrogens with two attached hydrogens (primary N) is 1. The maximum absolute atomic E-state index is 12.2. The molecule has 1 amide bonds. The van der Waals surface area contributed by atoms with Crippen LogP contribution in [0.4, 0.5) is 5.69 Å². The number of pyridine rings is 1. The van der Waals surface area contributed by atoms with E-state index in [1.165, 1.54) is 0 Å². The molecule has 2 aromatic heterocycles. The summed E-state index contributed by atoms with van der Waals surface area (Å²) in [6.07, 6.45) is 0. The van der Waals surface area contributed by atoms with E-state index in [9.17, 15) is 4.79 Å². The van der Waals surface area contributed by atoms with Gasteiger partial charge in [-0.25, -0.2) is 4.98 Å². The van der Waals surface area contributed by atoms with Gasteiger partial charge in [0.15, 0.2) is 0 Å². The third-order valence-corrected chi connectivity index (χ3v) is 3.87. The lowest BCUT2D eigenvalue weighted by molar-refractivity contribution is 0.0946. The highest BCUT2D eigenvalue weighted by Gasteiger charge is 2.11. The normalized spacial score (nSPS) is 10.5. The third-order valence-electron chi connectivity index (χ3n) is 3.14. The maximum atomic E-state index is 12.2. The average Bonchev–Trinajstić information content (AvgIpc) is 3.04. The molecule has 0 spiro atoms. The molecule has 21 heavy (non-hydrogen) atoms. The van der Waals surface area contributed by atoms with E-state index < -0.39 is 0 Å². The van der Waals surface area contributed by atoms with E-state index in [2.05, 4.69) is 15.7 Å². The number of nitrogens with zero attached hydrogens (tertiary/aromatic N) is 1. The van der Waals surface area contributed by atoms with Crippen LogP contribution in [-0.4, -0.2) is 10.9 Å². The van der Waals surface area contributed by atoms with Crippen LogP contribution in [0.15, 0.2) is 47.2 Å². The van der Waals surface area contributed by atoms with Gasteiger partial charge in [-0.3, -0.25) is 10.6 Å². The summed E-state index contributed by atoms with van der Waals surface area (Å²) in [5, 5.41) is 7.72. The van der Waals surface area contributed by atoms with Crippen LogP contribution >= 0.6 is 11.3 Å². The zero-order chi connectivity index (χ0) is 14.7. The van der Waals surface area contributed by atoms with Gasteiger partial charge in [-0.2, -0.15) is 11.3 Å². The van der Waals surface area contributed by atoms with Crippen molar-refractivity contribution in [1.82, 2.24) is 10.3 Å². The standard InChI is InChI=1S/C15H14N4OS/c16-19-13-7-14(18-12-4-2-1-3-11(12)13)15(20)17-8-10-5-6-21-9-10/h1-7,9H,8,16H2,(H,17,20)(H,18,19). The molecule has 0 unspecified atom stereocenters. The molecule has 0 bridgehead atoms. The van der Waals surface area contributed by atoms with Crippen LogP contribution in [0.2, 0.25) is 0 Å². The molecule has 4 N–H and O–H groups in total. The van der Waals surface area contributed by atoms with E-state index in [1.54, 1.807) is 17.4 Å². The molecule has 0 aliphatic heterocycles. The minimum absolute atomic E-state index is 0.219. The van der Waals surface area contributed by atoms with Crippen molar-refractivity contribution >= 4 is 33.8 Å². The highest BCUT2D eigenvalue weighted by Crippen LogP contribution is 2.22. The Balaban J connectivity index is 1.87. The molecule has 2 heterocycles. The summed E-state index contributed by atoms with van der Waals surface area (Å²) in [5.41, 5.74) is 5.45. The van der Waals surface area contributed by atoms with Crippen LogP contribution in [-0.2, 0) is 6.54 Å². The van der Waals surface area contributed by atoms with E-state index in [0.717, 1.165) is 16.5 Å². The van der Waals surface area contributed by atoms with Gasteiger partial charge in [-0.1, -0.05) is 18.2 Å². The van der Waals surface area contributed by atoms with Gasteiger partial charge in [0.1, 0.15) is 5.69 Å². The van der Waals surface area contributed by atoms with Crippen LogP contribution in [0.3, 0.4) is 0 Å². The summed E-state index contributed by atoms with van der Waals surface area (Å²) in [4.78, 5) is 16.6. The predicted molar refractivity (Wildman–Crippen MR) is 85.0 cm³/mol. The lowest BCUT2D eigenvalue weighted by Gasteiger charge is -2.09. The Labute approximate surface area is 125 Å². The van der Waals surface area contributed by atoms with Crippen LogP contribution in [0.5, 0.6) is 0 Å². The summed E-state index contributed by atoms with van der Waals surface area (Å²) in [5.74, 6) is 5.31. The smallest absolute Gasteiger partial charge is 0.270 e. The number of nitrogen functional groups attached to an aromatic ring is 1. The van der Waals surface area contributed by atoms with E-state index in [4.69, 9.17) is 5.84 Å². The van der Waals surface area contributed by atoms with Crippen molar-refractivity contribution in [3.8, 4) is 0 Å². The minimum Gasteiger partial charge on any atom is -0.347 e. The molecule has 0 aliphatic carbocycles. The summed E-state index contributed by atoms with van der Waals surface area (Å²) >= 11 is 1.60. The summed E-state index contributed by atoms with van der Waals surface area (Å²) in [6.45, 7) is 0.488. The molecule has 106 valence electrons. The van der Waals surface area contributed by atoms with E-state index in [-0.39, 0.29) is 5.91 Å². The van der Waals surface area contributed by atoms with Gasteiger partial charge in [0.25, 0.3) is 5.91 Å². The zero-order valence-corrected chi connectivity index (χ0v) is 12.0. The SMILES string of the molecule is NNc1cc(C(=O)NCc2ccsc2)nc2ccccc12. The van der Waals surface area contributed by atoms with Crippen LogP contribution in [0.1, 0.15) is 16.1 Å².